The summed E-state index contributed by atoms with van der Waals surface area (Å²) in [5.74, 6) is 1.64. The van der Waals surface area contributed by atoms with Crippen LogP contribution in [0.15, 0.2) is 46.1 Å². The van der Waals surface area contributed by atoms with Crippen LogP contribution in [0.5, 0.6) is 5.75 Å². The summed E-state index contributed by atoms with van der Waals surface area (Å²) in [5.41, 5.74) is 2.14. The molecule has 1 fully saturated rings. The van der Waals surface area contributed by atoms with Crippen molar-refractivity contribution in [2.24, 2.45) is 4.99 Å². The van der Waals surface area contributed by atoms with Crippen molar-refractivity contribution in [3.05, 3.63) is 47.9 Å². The maximum Gasteiger partial charge on any atom is 0.191 e. The molecule has 1 saturated heterocycles. The molecular formula is C20H29N5O2. The first-order valence-electron chi connectivity index (χ1n) is 9.52. The van der Waals surface area contributed by atoms with E-state index in [9.17, 15) is 0 Å². The lowest BCUT2D eigenvalue weighted by atomic mass is 10.0. The number of nitrogens with zero attached hydrogens (tertiary/aromatic N) is 3. The van der Waals surface area contributed by atoms with Gasteiger partial charge in [0.2, 0.25) is 0 Å². The molecule has 27 heavy (non-hydrogen) atoms. The fourth-order valence-electron chi connectivity index (χ4n) is 3.43. The number of aromatic nitrogens is 1. The van der Waals surface area contributed by atoms with E-state index >= 15 is 0 Å². The number of hydrogen-bond donors (Lipinski definition) is 2. The minimum Gasteiger partial charge on any atom is -0.497 e. The zero-order valence-corrected chi connectivity index (χ0v) is 16.1. The Balaban J connectivity index is 1.64. The van der Waals surface area contributed by atoms with Crippen molar-refractivity contribution in [2.75, 3.05) is 33.8 Å². The maximum absolute atomic E-state index is 5.31. The number of guanidine groups is 1. The van der Waals surface area contributed by atoms with Gasteiger partial charge in [0.05, 0.1) is 19.7 Å². The predicted octanol–water partition coefficient (Wildman–Crippen LogP) is 2.58. The fourth-order valence-corrected chi connectivity index (χ4v) is 3.43. The second-order valence-electron chi connectivity index (χ2n) is 6.68. The number of nitrogens with one attached hydrogen (secondary N) is 2. The third kappa shape index (κ3) is 5.47. The Morgan fingerprint density at radius 3 is 2.59 bits per heavy atom. The standard InChI is InChI=1S/C20H29N5O2/c1-21-20(22-14-17-10-13-27-24-17)23-15-19(25-11-4-3-5-12-25)16-6-8-18(26-2)9-7-16/h6-10,13,19H,3-5,11-12,14-15H2,1-2H3,(H2,21,22,23). The van der Waals surface area contributed by atoms with Crippen molar-refractivity contribution in [2.45, 2.75) is 31.8 Å². The van der Waals surface area contributed by atoms with E-state index < -0.39 is 0 Å². The summed E-state index contributed by atoms with van der Waals surface area (Å²) in [6.45, 7) is 3.62. The molecule has 1 aromatic heterocycles. The molecule has 1 unspecified atom stereocenters. The number of methoxy groups -OCH3 is 1. The summed E-state index contributed by atoms with van der Waals surface area (Å²) in [5, 5.41) is 10.7. The second-order valence-corrected chi connectivity index (χ2v) is 6.68. The summed E-state index contributed by atoms with van der Waals surface area (Å²) in [4.78, 5) is 6.88. The monoisotopic (exact) mass is 371 g/mol. The van der Waals surface area contributed by atoms with Crippen LogP contribution in [0.1, 0.15) is 36.6 Å². The van der Waals surface area contributed by atoms with Crippen LogP contribution in [0.2, 0.25) is 0 Å². The Hall–Kier alpha value is -2.54. The molecule has 146 valence electrons. The lowest BCUT2D eigenvalue weighted by Gasteiger charge is -2.35. The highest BCUT2D eigenvalue weighted by atomic mass is 16.5. The largest absolute Gasteiger partial charge is 0.497 e. The van der Waals surface area contributed by atoms with Gasteiger partial charge in [-0.3, -0.25) is 9.89 Å². The Morgan fingerprint density at radius 2 is 1.96 bits per heavy atom. The first-order chi connectivity index (χ1) is 13.3. The number of likely N-dealkylation sites (tertiary alicyclic amines) is 1. The van der Waals surface area contributed by atoms with E-state index in [1.807, 2.05) is 18.2 Å². The molecule has 0 bridgehead atoms. The number of piperidine rings is 1. The van der Waals surface area contributed by atoms with E-state index in [2.05, 4.69) is 37.8 Å². The Morgan fingerprint density at radius 1 is 1.19 bits per heavy atom. The number of hydrogen-bond acceptors (Lipinski definition) is 5. The zero-order chi connectivity index (χ0) is 18.9. The van der Waals surface area contributed by atoms with Crippen molar-refractivity contribution in [1.82, 2.24) is 20.7 Å². The SMILES string of the molecule is CN=C(NCc1ccon1)NCC(c1ccc(OC)cc1)N1CCCCC1. The second kappa shape index (κ2) is 9.97. The Labute approximate surface area is 160 Å². The van der Waals surface area contributed by atoms with Crippen LogP contribution in [-0.4, -0.2) is 49.8 Å². The van der Waals surface area contributed by atoms with Gasteiger partial charge in [0.1, 0.15) is 17.7 Å². The maximum atomic E-state index is 5.31. The van der Waals surface area contributed by atoms with Crippen molar-refractivity contribution >= 4 is 5.96 Å². The van der Waals surface area contributed by atoms with Crippen molar-refractivity contribution in [3.63, 3.8) is 0 Å². The van der Waals surface area contributed by atoms with Crippen molar-refractivity contribution < 1.29 is 9.26 Å². The van der Waals surface area contributed by atoms with Gasteiger partial charge < -0.3 is 19.9 Å². The third-order valence-corrected chi connectivity index (χ3v) is 4.95. The summed E-state index contributed by atoms with van der Waals surface area (Å²) >= 11 is 0. The molecule has 1 aliphatic rings. The van der Waals surface area contributed by atoms with Gasteiger partial charge >= 0.3 is 0 Å². The summed E-state index contributed by atoms with van der Waals surface area (Å²) < 4.78 is 10.2. The van der Waals surface area contributed by atoms with Crippen LogP contribution in [0.4, 0.5) is 0 Å². The van der Waals surface area contributed by atoms with E-state index in [0.29, 0.717) is 12.6 Å². The highest BCUT2D eigenvalue weighted by Gasteiger charge is 2.22. The summed E-state index contributed by atoms with van der Waals surface area (Å²) in [7, 11) is 3.48. The average Bonchev–Trinajstić information content (AvgIpc) is 3.25. The molecule has 1 aliphatic heterocycles. The van der Waals surface area contributed by atoms with Gasteiger partial charge in [-0.1, -0.05) is 23.7 Å². The molecule has 3 rings (SSSR count). The zero-order valence-electron chi connectivity index (χ0n) is 16.1. The van der Waals surface area contributed by atoms with E-state index in [4.69, 9.17) is 9.26 Å². The summed E-state index contributed by atoms with van der Waals surface area (Å²) in [6.07, 6.45) is 5.40. The number of aliphatic imine (C=N–C) groups is 1. The van der Waals surface area contributed by atoms with Gasteiger partial charge in [-0.25, -0.2) is 0 Å². The predicted molar refractivity (Wildman–Crippen MR) is 106 cm³/mol. The van der Waals surface area contributed by atoms with Crippen LogP contribution >= 0.6 is 0 Å². The molecule has 1 atom stereocenters. The van der Waals surface area contributed by atoms with Crippen LogP contribution in [0.3, 0.4) is 0 Å². The summed E-state index contributed by atoms with van der Waals surface area (Å²) in [6, 6.07) is 10.5. The quantitative estimate of drug-likeness (QED) is 0.576. The third-order valence-electron chi connectivity index (χ3n) is 4.95. The van der Waals surface area contributed by atoms with Crippen LogP contribution in [0, 0.1) is 0 Å². The van der Waals surface area contributed by atoms with Gasteiger partial charge in [-0.2, -0.15) is 0 Å². The van der Waals surface area contributed by atoms with Crippen LogP contribution < -0.4 is 15.4 Å². The molecule has 2 heterocycles. The lowest BCUT2D eigenvalue weighted by molar-refractivity contribution is 0.164. The molecule has 0 amide bonds. The average molecular weight is 371 g/mol. The van der Waals surface area contributed by atoms with Crippen molar-refractivity contribution in [1.29, 1.82) is 0 Å². The molecule has 0 radical (unpaired) electrons. The fraction of sp³-hybridized carbons (Fsp3) is 0.500. The van der Waals surface area contributed by atoms with E-state index in [-0.39, 0.29) is 0 Å². The van der Waals surface area contributed by atoms with E-state index in [0.717, 1.165) is 37.0 Å². The number of rotatable bonds is 7. The van der Waals surface area contributed by atoms with Crippen LogP contribution in [-0.2, 0) is 6.54 Å². The Kier molecular flexibility index (Phi) is 7.10. The van der Waals surface area contributed by atoms with E-state index in [1.54, 1.807) is 20.4 Å². The molecule has 0 spiro atoms. The van der Waals surface area contributed by atoms with Gasteiger partial charge in [-0.15, -0.1) is 0 Å². The molecule has 7 nitrogen and oxygen atoms in total. The number of ether oxygens (including phenoxy) is 1. The van der Waals surface area contributed by atoms with Gasteiger partial charge in [0, 0.05) is 19.7 Å². The molecule has 0 aliphatic carbocycles. The number of benzene rings is 1. The smallest absolute Gasteiger partial charge is 0.191 e. The van der Waals surface area contributed by atoms with Crippen molar-refractivity contribution in [3.8, 4) is 5.75 Å². The molecule has 0 saturated carbocycles. The molecule has 2 N–H and O–H groups in total. The normalized spacial score (nSPS) is 16.7. The highest BCUT2D eigenvalue weighted by molar-refractivity contribution is 5.79. The first-order valence-corrected chi connectivity index (χ1v) is 9.52. The highest BCUT2D eigenvalue weighted by Crippen LogP contribution is 2.25. The molecule has 1 aromatic carbocycles. The lowest BCUT2D eigenvalue weighted by Crippen LogP contribution is -2.44. The minimum absolute atomic E-state index is 0.293. The van der Waals surface area contributed by atoms with Gasteiger partial charge in [0.25, 0.3) is 0 Å². The topological polar surface area (TPSA) is 74.9 Å². The van der Waals surface area contributed by atoms with Gasteiger partial charge in [-0.05, 0) is 43.6 Å². The molecular weight excluding hydrogens is 342 g/mol. The first kappa shape index (κ1) is 19.2. The van der Waals surface area contributed by atoms with Crippen LogP contribution in [0.25, 0.3) is 0 Å². The van der Waals surface area contributed by atoms with Gasteiger partial charge in [0.15, 0.2) is 5.96 Å². The molecule has 2 aromatic rings. The van der Waals surface area contributed by atoms with E-state index in [1.165, 1.54) is 24.8 Å². The minimum atomic E-state index is 0.293. The molecule has 7 heteroatoms. The Bertz CT molecular complexity index is 694.